The van der Waals surface area contributed by atoms with Crippen LogP contribution >= 0.6 is 0 Å². The van der Waals surface area contributed by atoms with Gasteiger partial charge in [-0.2, -0.15) is 0 Å². The molecule has 0 aliphatic rings. The first-order chi connectivity index (χ1) is 15.8. The smallest absolute Gasteiger partial charge is 0.330 e. The third-order valence-electron chi connectivity index (χ3n) is 5.01. The highest BCUT2D eigenvalue weighted by atomic mass is 16.5. The number of anilines is 2. The number of nitrogens with one attached hydrogen (secondary N) is 1. The minimum atomic E-state index is -0.707. The maximum absolute atomic E-state index is 13.4. The minimum absolute atomic E-state index is 0.0407. The first kappa shape index (κ1) is 23.9. The van der Waals surface area contributed by atoms with E-state index in [0.717, 1.165) is 6.42 Å². The Bertz CT molecular complexity index is 1190. The predicted molar refractivity (Wildman–Crippen MR) is 127 cm³/mol. The van der Waals surface area contributed by atoms with Crippen molar-refractivity contribution in [2.75, 3.05) is 17.2 Å². The SMILES string of the molecule is CCCCN(C(=O)c1ccc(COc2ccccc2)o1)c1c(N)n(CC(C)C)c(=O)[nH]c1=O. The average molecular weight is 455 g/mol. The number of para-hydroxylation sites is 1. The van der Waals surface area contributed by atoms with Crippen molar-refractivity contribution in [3.8, 4) is 5.75 Å². The number of H-pyrrole nitrogens is 1. The maximum atomic E-state index is 13.4. The number of ether oxygens (including phenoxy) is 1. The monoisotopic (exact) mass is 454 g/mol. The van der Waals surface area contributed by atoms with E-state index in [1.807, 2.05) is 51.1 Å². The molecule has 1 aromatic carbocycles. The van der Waals surface area contributed by atoms with Crippen LogP contribution in [0.25, 0.3) is 0 Å². The molecular weight excluding hydrogens is 424 g/mol. The van der Waals surface area contributed by atoms with Crippen LogP contribution < -0.4 is 26.6 Å². The van der Waals surface area contributed by atoms with E-state index in [4.69, 9.17) is 14.9 Å². The average Bonchev–Trinajstić information content (AvgIpc) is 3.26. The van der Waals surface area contributed by atoms with Gasteiger partial charge in [-0.1, -0.05) is 45.4 Å². The van der Waals surface area contributed by atoms with Crippen molar-refractivity contribution in [2.45, 2.75) is 46.8 Å². The summed E-state index contributed by atoms with van der Waals surface area (Å²) in [5.41, 5.74) is 4.88. The van der Waals surface area contributed by atoms with Crippen LogP contribution in [0.5, 0.6) is 5.75 Å². The van der Waals surface area contributed by atoms with Crippen molar-refractivity contribution in [1.82, 2.24) is 9.55 Å². The van der Waals surface area contributed by atoms with Crippen LogP contribution in [0.3, 0.4) is 0 Å². The molecule has 0 spiro atoms. The first-order valence-electron chi connectivity index (χ1n) is 11.0. The van der Waals surface area contributed by atoms with Crippen LogP contribution in [-0.4, -0.2) is 22.0 Å². The van der Waals surface area contributed by atoms with Crippen LogP contribution in [0, 0.1) is 5.92 Å². The molecule has 33 heavy (non-hydrogen) atoms. The van der Waals surface area contributed by atoms with Gasteiger partial charge in [0, 0.05) is 13.1 Å². The maximum Gasteiger partial charge on any atom is 0.330 e. The number of furan rings is 1. The summed E-state index contributed by atoms with van der Waals surface area (Å²) < 4.78 is 12.7. The quantitative estimate of drug-likeness (QED) is 0.484. The molecule has 3 aromatic rings. The summed E-state index contributed by atoms with van der Waals surface area (Å²) in [6.45, 7) is 6.54. The summed E-state index contributed by atoms with van der Waals surface area (Å²) in [6, 6.07) is 12.4. The van der Waals surface area contributed by atoms with Gasteiger partial charge in [-0.25, -0.2) is 4.79 Å². The van der Waals surface area contributed by atoms with Gasteiger partial charge in [0.15, 0.2) is 11.4 Å². The number of nitrogen functional groups attached to an aromatic ring is 1. The number of hydrogen-bond acceptors (Lipinski definition) is 6. The standard InChI is InChI=1S/C24H30N4O5/c1-4-5-13-27(20-21(25)28(14-16(2)3)24(31)26-22(20)29)23(30)19-12-11-18(33-19)15-32-17-9-7-6-8-10-17/h6-12,16H,4-5,13-15,25H2,1-3H3,(H,26,29,31). The highest BCUT2D eigenvalue weighted by Crippen LogP contribution is 2.22. The van der Waals surface area contributed by atoms with Gasteiger partial charge in [-0.15, -0.1) is 0 Å². The molecule has 9 nitrogen and oxygen atoms in total. The summed E-state index contributed by atoms with van der Waals surface area (Å²) in [4.78, 5) is 42.0. The van der Waals surface area contributed by atoms with E-state index in [-0.39, 0.29) is 36.3 Å². The highest BCUT2D eigenvalue weighted by molar-refractivity contribution is 6.05. The van der Waals surface area contributed by atoms with Crippen LogP contribution in [-0.2, 0) is 13.2 Å². The zero-order valence-electron chi connectivity index (χ0n) is 19.2. The van der Waals surface area contributed by atoms with Crippen molar-refractivity contribution in [2.24, 2.45) is 5.92 Å². The third kappa shape index (κ3) is 5.74. The van der Waals surface area contributed by atoms with Crippen LogP contribution in [0.1, 0.15) is 49.9 Å². The lowest BCUT2D eigenvalue weighted by atomic mass is 10.2. The van der Waals surface area contributed by atoms with Gasteiger partial charge < -0.3 is 14.9 Å². The van der Waals surface area contributed by atoms with Gasteiger partial charge in [-0.05, 0) is 36.6 Å². The summed E-state index contributed by atoms with van der Waals surface area (Å²) in [7, 11) is 0. The van der Waals surface area contributed by atoms with Crippen molar-refractivity contribution in [1.29, 1.82) is 0 Å². The number of rotatable bonds is 10. The topological polar surface area (TPSA) is 124 Å². The Morgan fingerprint density at radius 2 is 1.91 bits per heavy atom. The molecule has 0 radical (unpaired) electrons. The van der Waals surface area contributed by atoms with E-state index in [1.165, 1.54) is 9.47 Å². The molecule has 0 atom stereocenters. The molecule has 0 saturated heterocycles. The largest absolute Gasteiger partial charge is 0.486 e. The predicted octanol–water partition coefficient (Wildman–Crippen LogP) is 3.39. The van der Waals surface area contributed by atoms with Crippen LogP contribution in [0.15, 0.2) is 56.5 Å². The lowest BCUT2D eigenvalue weighted by Gasteiger charge is -2.24. The number of carbonyl (C=O) groups excluding carboxylic acids is 1. The van der Waals surface area contributed by atoms with Crippen molar-refractivity contribution in [3.63, 3.8) is 0 Å². The van der Waals surface area contributed by atoms with E-state index in [1.54, 1.807) is 12.1 Å². The summed E-state index contributed by atoms with van der Waals surface area (Å²) in [5, 5.41) is 0. The number of aromatic nitrogens is 2. The molecule has 3 N–H and O–H groups in total. The molecule has 3 rings (SSSR count). The second-order valence-corrected chi connectivity index (χ2v) is 8.18. The number of nitrogens with zero attached hydrogens (tertiary/aromatic N) is 2. The van der Waals surface area contributed by atoms with Crippen LogP contribution in [0.2, 0.25) is 0 Å². The number of nitrogens with two attached hydrogens (primary N) is 1. The van der Waals surface area contributed by atoms with Gasteiger partial charge in [-0.3, -0.25) is 24.0 Å². The van der Waals surface area contributed by atoms with E-state index >= 15 is 0 Å². The number of benzene rings is 1. The number of hydrogen-bond donors (Lipinski definition) is 2. The van der Waals surface area contributed by atoms with Gasteiger partial charge in [0.1, 0.15) is 23.9 Å². The Morgan fingerprint density at radius 1 is 1.18 bits per heavy atom. The molecule has 0 fully saturated rings. The molecule has 9 heteroatoms. The first-order valence-corrected chi connectivity index (χ1v) is 11.0. The molecule has 0 aliphatic heterocycles. The molecule has 2 aromatic heterocycles. The number of aromatic amines is 1. The Morgan fingerprint density at radius 3 is 2.58 bits per heavy atom. The number of unbranched alkanes of at least 4 members (excludes halogenated alkanes) is 1. The molecule has 176 valence electrons. The van der Waals surface area contributed by atoms with E-state index < -0.39 is 17.2 Å². The van der Waals surface area contributed by atoms with Crippen molar-refractivity contribution >= 4 is 17.4 Å². The summed E-state index contributed by atoms with van der Waals surface area (Å²) in [6.07, 6.45) is 1.43. The fraction of sp³-hybridized carbons (Fsp3) is 0.375. The Kier molecular flexibility index (Phi) is 7.76. The normalized spacial score (nSPS) is 11.0. The van der Waals surface area contributed by atoms with E-state index in [0.29, 0.717) is 24.5 Å². The lowest BCUT2D eigenvalue weighted by Crippen LogP contribution is -2.42. The second-order valence-electron chi connectivity index (χ2n) is 8.18. The third-order valence-corrected chi connectivity index (χ3v) is 5.01. The molecule has 2 heterocycles. The molecule has 0 aliphatic carbocycles. The lowest BCUT2D eigenvalue weighted by molar-refractivity contribution is 0.0955. The molecular formula is C24H30N4O5. The fourth-order valence-electron chi connectivity index (χ4n) is 3.39. The minimum Gasteiger partial charge on any atom is -0.486 e. The van der Waals surface area contributed by atoms with Gasteiger partial charge in [0.25, 0.3) is 11.5 Å². The molecule has 0 unspecified atom stereocenters. The molecule has 0 bridgehead atoms. The fourth-order valence-corrected chi connectivity index (χ4v) is 3.39. The Balaban J connectivity index is 1.91. The summed E-state index contributed by atoms with van der Waals surface area (Å²) in [5.74, 6) is 0.754. The van der Waals surface area contributed by atoms with Crippen molar-refractivity contribution in [3.05, 3.63) is 74.8 Å². The Labute approximate surface area is 191 Å². The summed E-state index contributed by atoms with van der Waals surface area (Å²) >= 11 is 0. The highest BCUT2D eigenvalue weighted by Gasteiger charge is 2.27. The Hall–Kier alpha value is -3.75. The van der Waals surface area contributed by atoms with Crippen molar-refractivity contribution < 1.29 is 13.9 Å². The van der Waals surface area contributed by atoms with Gasteiger partial charge in [0.05, 0.1) is 0 Å². The molecule has 0 saturated carbocycles. The number of amides is 1. The van der Waals surface area contributed by atoms with Crippen LogP contribution in [0.4, 0.5) is 11.5 Å². The zero-order valence-corrected chi connectivity index (χ0v) is 19.2. The van der Waals surface area contributed by atoms with E-state index in [9.17, 15) is 14.4 Å². The molecule has 1 amide bonds. The van der Waals surface area contributed by atoms with E-state index in [2.05, 4.69) is 4.98 Å². The van der Waals surface area contributed by atoms with Gasteiger partial charge in [0.2, 0.25) is 0 Å². The zero-order chi connectivity index (χ0) is 24.0. The second kappa shape index (κ2) is 10.7. The van der Waals surface area contributed by atoms with Gasteiger partial charge >= 0.3 is 5.69 Å². The number of carbonyl (C=O) groups is 1.